The molecule has 0 aliphatic carbocycles. The highest BCUT2D eigenvalue weighted by Crippen LogP contribution is 2.20. The second-order valence-corrected chi connectivity index (χ2v) is 6.61. The van der Waals surface area contributed by atoms with Gasteiger partial charge in [-0.05, 0) is 30.5 Å². The first-order valence-electron chi connectivity index (χ1n) is 6.41. The Bertz CT molecular complexity index is 654. The fourth-order valence-corrected chi connectivity index (χ4v) is 3.07. The highest BCUT2D eigenvalue weighted by molar-refractivity contribution is 7.88. The zero-order valence-electron chi connectivity index (χ0n) is 11.2. The molecule has 1 amide bonds. The molecular weight excluding hydrogens is 296 g/mol. The number of carbonyl (C=O) groups is 2. The second-order valence-electron chi connectivity index (χ2n) is 5.00. The quantitative estimate of drug-likeness (QED) is 0.821. The largest absolute Gasteiger partial charge is 0.480 e. The summed E-state index contributed by atoms with van der Waals surface area (Å²) < 4.78 is 22.0. The molecule has 3 N–H and O–H groups in total. The maximum absolute atomic E-state index is 12.3. The van der Waals surface area contributed by atoms with Crippen molar-refractivity contribution in [1.29, 1.82) is 0 Å². The molecule has 0 saturated carbocycles. The highest BCUT2D eigenvalue weighted by Gasteiger charge is 2.34. The molecule has 0 bridgehead atoms. The SMILES string of the molecule is NS(=O)(=O)Cc1ccc(C(=O)N2CCCC2C(=O)O)cc1. The van der Waals surface area contributed by atoms with Gasteiger partial charge in [0.15, 0.2) is 0 Å². The van der Waals surface area contributed by atoms with Gasteiger partial charge in [0.25, 0.3) is 5.91 Å². The number of nitrogens with two attached hydrogens (primary N) is 1. The third kappa shape index (κ3) is 3.79. The summed E-state index contributed by atoms with van der Waals surface area (Å²) in [7, 11) is -3.62. The van der Waals surface area contributed by atoms with Crippen molar-refractivity contribution in [2.75, 3.05) is 6.54 Å². The number of rotatable bonds is 4. The Morgan fingerprint density at radius 3 is 2.43 bits per heavy atom. The molecule has 1 atom stereocenters. The lowest BCUT2D eigenvalue weighted by Gasteiger charge is -2.21. The molecule has 1 aliphatic rings. The number of hydrogen-bond donors (Lipinski definition) is 2. The molecule has 7 nitrogen and oxygen atoms in total. The Labute approximate surface area is 122 Å². The van der Waals surface area contributed by atoms with Gasteiger partial charge in [-0.2, -0.15) is 0 Å². The number of benzene rings is 1. The number of carboxylic acids is 1. The number of aliphatic carboxylic acids is 1. The van der Waals surface area contributed by atoms with E-state index in [2.05, 4.69) is 0 Å². The van der Waals surface area contributed by atoms with Crippen LogP contribution in [0.4, 0.5) is 0 Å². The fraction of sp³-hybridized carbons (Fsp3) is 0.385. The maximum atomic E-state index is 12.3. The average Bonchev–Trinajstić information content (AvgIpc) is 2.86. The van der Waals surface area contributed by atoms with E-state index in [1.54, 1.807) is 0 Å². The summed E-state index contributed by atoms with van der Waals surface area (Å²) in [6.07, 6.45) is 1.11. The van der Waals surface area contributed by atoms with Crippen LogP contribution in [-0.2, 0) is 20.6 Å². The van der Waals surface area contributed by atoms with Crippen molar-refractivity contribution in [1.82, 2.24) is 4.90 Å². The van der Waals surface area contributed by atoms with E-state index in [4.69, 9.17) is 10.2 Å². The molecule has 114 valence electrons. The Balaban J connectivity index is 2.15. The van der Waals surface area contributed by atoms with Crippen molar-refractivity contribution >= 4 is 21.9 Å². The smallest absolute Gasteiger partial charge is 0.326 e. The standard InChI is InChI=1S/C13H16N2O5S/c14-21(19,20)8-9-3-5-10(6-4-9)12(16)15-7-1-2-11(15)13(17)18/h3-6,11H,1-2,7-8H2,(H,17,18)(H2,14,19,20). The number of carboxylic acid groups (broad SMARTS) is 1. The summed E-state index contributed by atoms with van der Waals surface area (Å²) in [6.45, 7) is 0.411. The minimum Gasteiger partial charge on any atom is -0.480 e. The molecule has 1 saturated heterocycles. The van der Waals surface area contributed by atoms with Crippen LogP contribution in [0, 0.1) is 0 Å². The Kier molecular flexibility index (Phi) is 4.29. The summed E-state index contributed by atoms with van der Waals surface area (Å²) in [5.74, 6) is -1.67. The van der Waals surface area contributed by atoms with Crippen molar-refractivity contribution in [3.63, 3.8) is 0 Å². The van der Waals surface area contributed by atoms with Crippen molar-refractivity contribution in [3.05, 3.63) is 35.4 Å². The van der Waals surface area contributed by atoms with Crippen LogP contribution in [0.5, 0.6) is 0 Å². The molecular formula is C13H16N2O5S. The van der Waals surface area contributed by atoms with Gasteiger partial charge >= 0.3 is 5.97 Å². The molecule has 0 radical (unpaired) electrons. The first-order valence-corrected chi connectivity index (χ1v) is 8.12. The van der Waals surface area contributed by atoms with E-state index >= 15 is 0 Å². The topological polar surface area (TPSA) is 118 Å². The van der Waals surface area contributed by atoms with Crippen LogP contribution in [0.2, 0.25) is 0 Å². The summed E-state index contributed by atoms with van der Waals surface area (Å²) in [4.78, 5) is 24.7. The monoisotopic (exact) mass is 312 g/mol. The summed E-state index contributed by atoms with van der Waals surface area (Å²) in [5, 5.41) is 14.0. The first kappa shape index (κ1) is 15.5. The first-order chi connectivity index (χ1) is 9.78. The van der Waals surface area contributed by atoms with E-state index in [-0.39, 0.29) is 11.7 Å². The van der Waals surface area contributed by atoms with Gasteiger partial charge in [0.1, 0.15) is 6.04 Å². The Morgan fingerprint density at radius 2 is 1.90 bits per heavy atom. The highest BCUT2D eigenvalue weighted by atomic mass is 32.2. The van der Waals surface area contributed by atoms with E-state index in [0.29, 0.717) is 30.5 Å². The van der Waals surface area contributed by atoms with Crippen LogP contribution >= 0.6 is 0 Å². The molecule has 1 heterocycles. The third-order valence-corrected chi connectivity index (χ3v) is 4.10. The zero-order valence-corrected chi connectivity index (χ0v) is 12.0. The van der Waals surface area contributed by atoms with Crippen molar-refractivity contribution in [3.8, 4) is 0 Å². The second kappa shape index (κ2) is 5.82. The van der Waals surface area contributed by atoms with Gasteiger partial charge in [-0.25, -0.2) is 18.4 Å². The van der Waals surface area contributed by atoms with Crippen LogP contribution in [0.3, 0.4) is 0 Å². The van der Waals surface area contributed by atoms with Crippen LogP contribution in [0.15, 0.2) is 24.3 Å². The molecule has 21 heavy (non-hydrogen) atoms. The normalized spacial score (nSPS) is 18.7. The van der Waals surface area contributed by atoms with Gasteiger partial charge in [0.2, 0.25) is 10.0 Å². The maximum Gasteiger partial charge on any atom is 0.326 e. The number of amides is 1. The minimum atomic E-state index is -3.62. The number of nitrogens with zero attached hydrogens (tertiary/aromatic N) is 1. The van der Waals surface area contributed by atoms with Crippen molar-refractivity contribution in [2.24, 2.45) is 5.14 Å². The summed E-state index contributed by atoms with van der Waals surface area (Å²) in [6, 6.07) is 5.19. The Hall–Kier alpha value is -1.93. The van der Waals surface area contributed by atoms with Gasteiger partial charge in [-0.1, -0.05) is 12.1 Å². The van der Waals surface area contributed by atoms with Crippen molar-refractivity contribution in [2.45, 2.75) is 24.6 Å². The molecule has 1 aromatic carbocycles. The van der Waals surface area contributed by atoms with Crippen LogP contribution in [-0.4, -0.2) is 42.9 Å². The lowest BCUT2D eigenvalue weighted by atomic mass is 10.1. The van der Waals surface area contributed by atoms with Crippen molar-refractivity contribution < 1.29 is 23.1 Å². The summed E-state index contributed by atoms with van der Waals surface area (Å²) >= 11 is 0. The fourth-order valence-electron chi connectivity index (χ4n) is 2.41. The van der Waals surface area contributed by atoms with Gasteiger partial charge in [0, 0.05) is 12.1 Å². The van der Waals surface area contributed by atoms with E-state index in [9.17, 15) is 18.0 Å². The molecule has 1 unspecified atom stereocenters. The van der Waals surface area contributed by atoms with Gasteiger partial charge in [0.05, 0.1) is 5.75 Å². The van der Waals surface area contributed by atoms with Crippen LogP contribution in [0.1, 0.15) is 28.8 Å². The lowest BCUT2D eigenvalue weighted by molar-refractivity contribution is -0.141. The van der Waals surface area contributed by atoms with E-state index in [0.717, 1.165) is 0 Å². The number of carbonyl (C=O) groups excluding carboxylic acids is 1. The van der Waals surface area contributed by atoms with E-state index in [1.165, 1.54) is 29.2 Å². The number of hydrogen-bond acceptors (Lipinski definition) is 4. The number of sulfonamides is 1. The molecule has 1 fully saturated rings. The average molecular weight is 312 g/mol. The molecule has 2 rings (SSSR count). The minimum absolute atomic E-state index is 0.303. The zero-order chi connectivity index (χ0) is 15.6. The van der Waals surface area contributed by atoms with Crippen LogP contribution in [0.25, 0.3) is 0 Å². The number of primary sulfonamides is 1. The number of likely N-dealkylation sites (tertiary alicyclic amines) is 1. The molecule has 1 aromatic rings. The van der Waals surface area contributed by atoms with Gasteiger partial charge in [-0.15, -0.1) is 0 Å². The van der Waals surface area contributed by atoms with E-state index in [1.807, 2.05) is 0 Å². The van der Waals surface area contributed by atoms with E-state index < -0.39 is 22.0 Å². The van der Waals surface area contributed by atoms with Gasteiger partial charge in [-0.3, -0.25) is 4.79 Å². The molecule has 0 spiro atoms. The predicted octanol–water partition coefficient (Wildman–Crippen LogP) is 0.164. The third-order valence-electron chi connectivity index (χ3n) is 3.37. The Morgan fingerprint density at radius 1 is 1.29 bits per heavy atom. The lowest BCUT2D eigenvalue weighted by Crippen LogP contribution is -2.40. The molecule has 1 aliphatic heterocycles. The predicted molar refractivity (Wildman–Crippen MR) is 74.9 cm³/mol. The molecule has 8 heteroatoms. The van der Waals surface area contributed by atoms with Gasteiger partial charge < -0.3 is 10.0 Å². The molecule has 0 aromatic heterocycles. The van der Waals surface area contributed by atoms with Crippen LogP contribution < -0.4 is 5.14 Å². The summed E-state index contributed by atoms with van der Waals surface area (Å²) in [5.41, 5.74) is 0.812.